The van der Waals surface area contributed by atoms with Crippen LogP contribution < -0.4 is 19.9 Å². The number of benzene rings is 2. The zero-order valence-electron chi connectivity index (χ0n) is 16.9. The maximum Gasteiger partial charge on any atom is 0.343 e. The Morgan fingerprint density at radius 2 is 1.81 bits per heavy atom. The average Bonchev–Trinajstić information content (AvgIpc) is 3.02. The summed E-state index contributed by atoms with van der Waals surface area (Å²) >= 11 is 4.04. The number of amides is 3. The number of nitrogens with zero attached hydrogens (tertiary/aromatic N) is 1. The molecule has 1 saturated heterocycles. The third kappa shape index (κ3) is 5.11. The Kier molecular flexibility index (Phi) is 7.21. The first-order valence-corrected chi connectivity index (χ1v) is 10.6. The SMILES string of the molecule is COc1ccc(C(=O)Oc2c(Br)cc(/C=C3\SC(=O)N(CC(N)=O)C3=O)cc2OC)cc1. The van der Waals surface area contributed by atoms with E-state index in [4.69, 9.17) is 19.9 Å². The molecule has 0 saturated carbocycles. The summed E-state index contributed by atoms with van der Waals surface area (Å²) < 4.78 is 16.3. The highest BCUT2D eigenvalue weighted by Gasteiger charge is 2.36. The van der Waals surface area contributed by atoms with E-state index in [0.29, 0.717) is 33.1 Å². The number of ether oxygens (including phenoxy) is 3. The molecule has 11 heteroatoms. The summed E-state index contributed by atoms with van der Waals surface area (Å²) in [5, 5.41) is -0.587. The lowest BCUT2D eigenvalue weighted by Gasteiger charge is -2.13. The van der Waals surface area contributed by atoms with Crippen molar-refractivity contribution < 1.29 is 33.4 Å². The molecule has 32 heavy (non-hydrogen) atoms. The lowest BCUT2D eigenvalue weighted by atomic mass is 10.1. The quantitative estimate of drug-likeness (QED) is 0.335. The van der Waals surface area contributed by atoms with Gasteiger partial charge in [0, 0.05) is 0 Å². The summed E-state index contributed by atoms with van der Waals surface area (Å²) in [5.74, 6) is -1.04. The van der Waals surface area contributed by atoms with Gasteiger partial charge in [-0.3, -0.25) is 19.3 Å². The molecule has 166 valence electrons. The number of rotatable bonds is 7. The second kappa shape index (κ2) is 9.88. The molecule has 3 amide bonds. The van der Waals surface area contributed by atoms with Gasteiger partial charge in [-0.1, -0.05) is 0 Å². The van der Waals surface area contributed by atoms with E-state index in [1.807, 2.05) is 0 Å². The molecule has 0 unspecified atom stereocenters. The van der Waals surface area contributed by atoms with Crippen molar-refractivity contribution in [2.24, 2.45) is 5.73 Å². The van der Waals surface area contributed by atoms with Crippen LogP contribution in [0.4, 0.5) is 4.79 Å². The summed E-state index contributed by atoms with van der Waals surface area (Å²) in [7, 11) is 2.92. The molecule has 0 spiro atoms. The summed E-state index contributed by atoms with van der Waals surface area (Å²) in [6.07, 6.45) is 1.47. The van der Waals surface area contributed by atoms with E-state index in [2.05, 4.69) is 15.9 Å². The first kappa shape index (κ1) is 23.4. The number of hydrogen-bond acceptors (Lipinski definition) is 8. The van der Waals surface area contributed by atoms with E-state index in [1.165, 1.54) is 20.3 Å². The Balaban J connectivity index is 1.86. The van der Waals surface area contributed by atoms with Crippen molar-refractivity contribution in [2.75, 3.05) is 20.8 Å². The number of carbonyl (C=O) groups is 4. The Morgan fingerprint density at radius 1 is 1.12 bits per heavy atom. The molecule has 0 bridgehead atoms. The van der Waals surface area contributed by atoms with E-state index in [1.54, 1.807) is 36.4 Å². The predicted octanol–water partition coefficient (Wildman–Crippen LogP) is 3.21. The minimum Gasteiger partial charge on any atom is -0.497 e. The van der Waals surface area contributed by atoms with Gasteiger partial charge >= 0.3 is 5.97 Å². The van der Waals surface area contributed by atoms with Crippen LogP contribution in [0.2, 0.25) is 0 Å². The molecule has 0 atom stereocenters. The third-order valence-corrected chi connectivity index (χ3v) is 5.75. The van der Waals surface area contributed by atoms with Crippen molar-refractivity contribution in [3.63, 3.8) is 0 Å². The highest BCUT2D eigenvalue weighted by Crippen LogP contribution is 2.39. The highest BCUT2D eigenvalue weighted by molar-refractivity contribution is 9.10. The van der Waals surface area contributed by atoms with Gasteiger partial charge < -0.3 is 19.9 Å². The van der Waals surface area contributed by atoms with Gasteiger partial charge in [-0.25, -0.2) is 4.79 Å². The summed E-state index contributed by atoms with van der Waals surface area (Å²) in [5.41, 5.74) is 5.90. The number of esters is 1. The van der Waals surface area contributed by atoms with Crippen LogP contribution in [0.5, 0.6) is 17.2 Å². The number of primary amides is 1. The number of nitrogens with two attached hydrogens (primary N) is 1. The second-order valence-corrected chi connectivity index (χ2v) is 8.23. The molecule has 9 nitrogen and oxygen atoms in total. The average molecular weight is 521 g/mol. The topological polar surface area (TPSA) is 125 Å². The normalized spacial score (nSPS) is 14.6. The van der Waals surface area contributed by atoms with Gasteiger partial charge in [0.25, 0.3) is 11.1 Å². The first-order valence-electron chi connectivity index (χ1n) is 9.01. The molecule has 1 fully saturated rings. The zero-order valence-corrected chi connectivity index (χ0v) is 19.3. The van der Waals surface area contributed by atoms with E-state index in [9.17, 15) is 19.2 Å². The van der Waals surface area contributed by atoms with Crippen molar-refractivity contribution in [3.05, 3.63) is 56.9 Å². The zero-order chi connectivity index (χ0) is 23.4. The molecule has 2 aromatic rings. The van der Waals surface area contributed by atoms with Crippen LogP contribution in [0, 0.1) is 0 Å². The van der Waals surface area contributed by atoms with Gasteiger partial charge in [0.05, 0.1) is 29.2 Å². The predicted molar refractivity (Wildman–Crippen MR) is 121 cm³/mol. The summed E-state index contributed by atoms with van der Waals surface area (Å²) in [6, 6.07) is 9.55. The number of hydrogen-bond donors (Lipinski definition) is 1. The Morgan fingerprint density at radius 3 is 2.41 bits per heavy atom. The number of imide groups is 1. The Hall–Kier alpha value is -3.31. The standard InChI is InChI=1S/C21H17BrN2O7S/c1-29-13-5-3-12(4-6-13)20(27)31-18-14(22)7-11(8-15(18)30-2)9-16-19(26)24(10-17(23)25)21(28)32-16/h3-9H,10H2,1-2H3,(H2,23,25)/b16-9-. The van der Waals surface area contributed by atoms with Gasteiger partial charge in [-0.05, 0) is 75.7 Å². The molecule has 1 aliphatic heterocycles. The fourth-order valence-electron chi connectivity index (χ4n) is 2.74. The molecule has 1 heterocycles. The van der Waals surface area contributed by atoms with Gasteiger partial charge in [0.15, 0.2) is 11.5 Å². The second-order valence-electron chi connectivity index (χ2n) is 6.39. The molecular weight excluding hydrogens is 504 g/mol. The summed E-state index contributed by atoms with van der Waals surface area (Å²) in [4.78, 5) is 48.9. The maximum atomic E-state index is 12.5. The molecule has 0 aromatic heterocycles. The van der Waals surface area contributed by atoms with E-state index >= 15 is 0 Å². The van der Waals surface area contributed by atoms with Crippen LogP contribution in [0.3, 0.4) is 0 Å². The Labute approximate surface area is 195 Å². The van der Waals surface area contributed by atoms with Crippen LogP contribution in [-0.2, 0) is 9.59 Å². The smallest absolute Gasteiger partial charge is 0.343 e. The molecule has 0 aliphatic carbocycles. The molecule has 2 aromatic carbocycles. The number of methoxy groups -OCH3 is 2. The third-order valence-electron chi connectivity index (χ3n) is 4.26. The van der Waals surface area contributed by atoms with Crippen molar-refractivity contribution in [1.29, 1.82) is 0 Å². The lowest BCUT2D eigenvalue weighted by molar-refractivity contribution is -0.127. The molecule has 1 aliphatic rings. The molecule has 3 rings (SSSR count). The van der Waals surface area contributed by atoms with E-state index in [-0.39, 0.29) is 16.4 Å². The highest BCUT2D eigenvalue weighted by atomic mass is 79.9. The number of carbonyl (C=O) groups excluding carboxylic acids is 4. The fraction of sp³-hybridized carbons (Fsp3) is 0.143. The van der Waals surface area contributed by atoms with E-state index < -0.39 is 29.6 Å². The largest absolute Gasteiger partial charge is 0.497 e. The van der Waals surface area contributed by atoms with Gasteiger partial charge in [-0.15, -0.1) is 0 Å². The van der Waals surface area contributed by atoms with E-state index in [0.717, 1.165) is 4.90 Å². The van der Waals surface area contributed by atoms with Crippen LogP contribution in [0.15, 0.2) is 45.8 Å². The van der Waals surface area contributed by atoms with Gasteiger partial charge in [-0.2, -0.15) is 0 Å². The van der Waals surface area contributed by atoms with Crippen LogP contribution in [0.1, 0.15) is 15.9 Å². The van der Waals surface area contributed by atoms with Crippen LogP contribution in [0.25, 0.3) is 6.08 Å². The van der Waals surface area contributed by atoms with Crippen LogP contribution in [-0.4, -0.2) is 48.7 Å². The minimum absolute atomic E-state index is 0.119. The van der Waals surface area contributed by atoms with Crippen LogP contribution >= 0.6 is 27.7 Å². The van der Waals surface area contributed by atoms with Gasteiger partial charge in [0.2, 0.25) is 5.91 Å². The fourth-order valence-corrected chi connectivity index (χ4v) is 4.12. The lowest BCUT2D eigenvalue weighted by Crippen LogP contribution is -2.36. The van der Waals surface area contributed by atoms with Gasteiger partial charge in [0.1, 0.15) is 12.3 Å². The molecule has 2 N–H and O–H groups in total. The first-order chi connectivity index (χ1) is 15.2. The summed E-state index contributed by atoms with van der Waals surface area (Å²) in [6.45, 7) is -0.491. The van der Waals surface area contributed by atoms with Crippen molar-refractivity contribution in [3.8, 4) is 17.2 Å². The Bertz CT molecular complexity index is 1130. The number of thioether (sulfide) groups is 1. The molecule has 0 radical (unpaired) electrons. The van der Waals surface area contributed by atoms with Crippen molar-refractivity contribution in [2.45, 2.75) is 0 Å². The molecular formula is C21H17BrN2O7S. The number of halogens is 1. The van der Waals surface area contributed by atoms with Crippen molar-refractivity contribution >= 4 is 56.8 Å². The maximum absolute atomic E-state index is 12.5. The van der Waals surface area contributed by atoms with Crippen molar-refractivity contribution in [1.82, 2.24) is 4.90 Å². The minimum atomic E-state index is -0.791. The monoisotopic (exact) mass is 520 g/mol.